The van der Waals surface area contributed by atoms with E-state index in [0.717, 1.165) is 21.2 Å². The summed E-state index contributed by atoms with van der Waals surface area (Å²) in [6.45, 7) is 3.89. The molecule has 0 saturated heterocycles. The van der Waals surface area contributed by atoms with Gasteiger partial charge in [0.25, 0.3) is 0 Å². The van der Waals surface area contributed by atoms with Crippen molar-refractivity contribution in [3.8, 4) is 0 Å². The van der Waals surface area contributed by atoms with Gasteiger partial charge >= 0.3 is 0 Å². The minimum atomic E-state index is -0.825. The van der Waals surface area contributed by atoms with Gasteiger partial charge in [-0.25, -0.2) is 4.39 Å². The Morgan fingerprint density at radius 2 is 1.68 bits per heavy atom. The van der Waals surface area contributed by atoms with E-state index in [-0.39, 0.29) is 5.82 Å². The van der Waals surface area contributed by atoms with Gasteiger partial charge in [0.05, 0.1) is 4.47 Å². The standard InChI is InChI=1S/C15H13Br2FO/c1-8-6-13(17)9(2)5-11(8)15(19)10-3-4-12(16)14(18)7-10/h3-7,15,19H,1-2H3. The van der Waals surface area contributed by atoms with Crippen LogP contribution in [0.15, 0.2) is 39.3 Å². The Morgan fingerprint density at radius 3 is 2.32 bits per heavy atom. The summed E-state index contributed by atoms with van der Waals surface area (Å²) in [5.74, 6) is -0.372. The molecule has 1 N–H and O–H groups in total. The molecule has 0 bridgehead atoms. The minimum absolute atomic E-state index is 0.372. The normalized spacial score (nSPS) is 12.5. The van der Waals surface area contributed by atoms with Crippen LogP contribution in [0.3, 0.4) is 0 Å². The summed E-state index contributed by atoms with van der Waals surface area (Å²) >= 11 is 6.57. The van der Waals surface area contributed by atoms with Gasteiger partial charge in [-0.15, -0.1) is 0 Å². The number of aliphatic hydroxyl groups is 1. The van der Waals surface area contributed by atoms with Gasteiger partial charge in [0.1, 0.15) is 11.9 Å². The Hall–Kier alpha value is -0.710. The van der Waals surface area contributed by atoms with Gasteiger partial charge in [0.2, 0.25) is 0 Å². The molecule has 0 amide bonds. The Kier molecular flexibility index (Phi) is 4.43. The number of aryl methyl sites for hydroxylation is 2. The van der Waals surface area contributed by atoms with Crippen LogP contribution in [0.25, 0.3) is 0 Å². The van der Waals surface area contributed by atoms with Gasteiger partial charge in [-0.3, -0.25) is 0 Å². The summed E-state index contributed by atoms with van der Waals surface area (Å²) in [5, 5.41) is 10.4. The van der Waals surface area contributed by atoms with Crippen molar-refractivity contribution in [1.82, 2.24) is 0 Å². The molecule has 0 aliphatic heterocycles. The van der Waals surface area contributed by atoms with Gasteiger partial charge in [-0.05, 0) is 70.2 Å². The number of benzene rings is 2. The maximum atomic E-state index is 13.5. The molecule has 0 saturated carbocycles. The van der Waals surface area contributed by atoms with Crippen LogP contribution in [-0.4, -0.2) is 5.11 Å². The smallest absolute Gasteiger partial charge is 0.137 e. The Bertz CT molecular complexity index is 626. The fourth-order valence-corrected chi connectivity index (χ4v) is 2.66. The van der Waals surface area contributed by atoms with E-state index >= 15 is 0 Å². The third-order valence-corrected chi connectivity index (χ3v) is 4.60. The van der Waals surface area contributed by atoms with Crippen molar-refractivity contribution < 1.29 is 9.50 Å². The molecule has 0 aliphatic carbocycles. The van der Waals surface area contributed by atoms with Crippen molar-refractivity contribution in [3.63, 3.8) is 0 Å². The molecule has 1 unspecified atom stereocenters. The largest absolute Gasteiger partial charge is 0.384 e. The van der Waals surface area contributed by atoms with Crippen molar-refractivity contribution in [2.45, 2.75) is 20.0 Å². The van der Waals surface area contributed by atoms with Crippen LogP contribution >= 0.6 is 31.9 Å². The number of hydrogen-bond donors (Lipinski definition) is 1. The molecule has 0 aliphatic rings. The third-order valence-electron chi connectivity index (χ3n) is 3.10. The van der Waals surface area contributed by atoms with Crippen LogP contribution < -0.4 is 0 Å². The van der Waals surface area contributed by atoms with E-state index in [1.165, 1.54) is 6.07 Å². The zero-order valence-electron chi connectivity index (χ0n) is 10.5. The second-order valence-electron chi connectivity index (χ2n) is 4.53. The van der Waals surface area contributed by atoms with Crippen molar-refractivity contribution in [2.24, 2.45) is 0 Å². The number of halogens is 3. The highest BCUT2D eigenvalue weighted by molar-refractivity contribution is 9.10. The van der Waals surface area contributed by atoms with Crippen LogP contribution in [0.4, 0.5) is 4.39 Å². The zero-order chi connectivity index (χ0) is 14.2. The molecule has 19 heavy (non-hydrogen) atoms. The molecule has 0 spiro atoms. The van der Waals surface area contributed by atoms with Crippen LogP contribution in [0.2, 0.25) is 0 Å². The fourth-order valence-electron chi connectivity index (χ4n) is 1.96. The predicted octanol–water partition coefficient (Wildman–Crippen LogP) is 5.05. The molecule has 0 fully saturated rings. The van der Waals surface area contributed by atoms with Crippen molar-refractivity contribution in [3.05, 3.63) is 67.3 Å². The first-order valence-corrected chi connectivity index (χ1v) is 7.38. The van der Waals surface area contributed by atoms with E-state index in [2.05, 4.69) is 31.9 Å². The lowest BCUT2D eigenvalue weighted by molar-refractivity contribution is 0.219. The lowest BCUT2D eigenvalue weighted by atomic mass is 9.96. The van der Waals surface area contributed by atoms with E-state index in [0.29, 0.717) is 10.0 Å². The molecular weight excluding hydrogens is 375 g/mol. The van der Waals surface area contributed by atoms with Gasteiger partial charge in [-0.1, -0.05) is 28.1 Å². The van der Waals surface area contributed by atoms with Crippen LogP contribution in [0.5, 0.6) is 0 Å². The molecule has 100 valence electrons. The minimum Gasteiger partial charge on any atom is -0.384 e. The maximum Gasteiger partial charge on any atom is 0.137 e. The monoisotopic (exact) mass is 386 g/mol. The van der Waals surface area contributed by atoms with Crippen LogP contribution in [0, 0.1) is 19.7 Å². The summed E-state index contributed by atoms with van der Waals surface area (Å²) in [5.41, 5.74) is 3.35. The number of aliphatic hydroxyl groups excluding tert-OH is 1. The average Bonchev–Trinajstić information content (AvgIpc) is 2.36. The first-order chi connectivity index (χ1) is 8.90. The summed E-state index contributed by atoms with van der Waals surface area (Å²) in [6.07, 6.45) is -0.825. The lowest BCUT2D eigenvalue weighted by Gasteiger charge is -2.16. The summed E-state index contributed by atoms with van der Waals surface area (Å²) in [6, 6.07) is 8.56. The van der Waals surface area contributed by atoms with Crippen molar-refractivity contribution in [1.29, 1.82) is 0 Å². The highest BCUT2D eigenvalue weighted by Crippen LogP contribution is 2.30. The lowest BCUT2D eigenvalue weighted by Crippen LogP contribution is -2.03. The van der Waals surface area contributed by atoms with Crippen molar-refractivity contribution in [2.75, 3.05) is 0 Å². The van der Waals surface area contributed by atoms with E-state index in [1.54, 1.807) is 12.1 Å². The average molecular weight is 388 g/mol. The van der Waals surface area contributed by atoms with Crippen molar-refractivity contribution >= 4 is 31.9 Å². The first kappa shape index (κ1) is 14.7. The van der Waals surface area contributed by atoms with E-state index in [9.17, 15) is 9.50 Å². The van der Waals surface area contributed by atoms with Crippen LogP contribution in [-0.2, 0) is 0 Å². The van der Waals surface area contributed by atoms with Gasteiger partial charge in [0.15, 0.2) is 0 Å². The third kappa shape index (κ3) is 3.07. The fraction of sp³-hybridized carbons (Fsp3) is 0.200. The van der Waals surface area contributed by atoms with E-state index in [4.69, 9.17) is 0 Å². The van der Waals surface area contributed by atoms with E-state index in [1.807, 2.05) is 26.0 Å². The number of hydrogen-bond acceptors (Lipinski definition) is 1. The molecule has 2 aromatic carbocycles. The van der Waals surface area contributed by atoms with E-state index < -0.39 is 6.10 Å². The molecule has 1 nitrogen and oxygen atoms in total. The van der Waals surface area contributed by atoms with Gasteiger partial charge in [0, 0.05) is 4.47 Å². The quantitative estimate of drug-likeness (QED) is 0.764. The molecule has 1 atom stereocenters. The highest BCUT2D eigenvalue weighted by atomic mass is 79.9. The predicted molar refractivity (Wildman–Crippen MR) is 81.8 cm³/mol. The molecule has 0 aromatic heterocycles. The summed E-state index contributed by atoms with van der Waals surface area (Å²) in [7, 11) is 0. The SMILES string of the molecule is Cc1cc(C(O)c2ccc(Br)c(F)c2)c(C)cc1Br. The molecule has 0 radical (unpaired) electrons. The Labute approximate surface area is 128 Å². The molecule has 4 heteroatoms. The maximum absolute atomic E-state index is 13.5. The molecular formula is C15H13Br2FO. The Balaban J connectivity index is 2.46. The first-order valence-electron chi connectivity index (χ1n) is 5.80. The highest BCUT2D eigenvalue weighted by Gasteiger charge is 2.15. The van der Waals surface area contributed by atoms with Crippen LogP contribution in [0.1, 0.15) is 28.4 Å². The molecule has 0 heterocycles. The topological polar surface area (TPSA) is 20.2 Å². The molecule has 2 rings (SSSR count). The Morgan fingerprint density at radius 1 is 1.00 bits per heavy atom. The second kappa shape index (κ2) is 5.73. The zero-order valence-corrected chi connectivity index (χ0v) is 13.7. The second-order valence-corrected chi connectivity index (χ2v) is 6.24. The summed E-state index contributed by atoms with van der Waals surface area (Å²) in [4.78, 5) is 0. The van der Waals surface area contributed by atoms with Gasteiger partial charge < -0.3 is 5.11 Å². The van der Waals surface area contributed by atoms with Gasteiger partial charge in [-0.2, -0.15) is 0 Å². The number of rotatable bonds is 2. The summed E-state index contributed by atoms with van der Waals surface area (Å²) < 4.78 is 14.9. The molecule has 2 aromatic rings.